The molecule has 1 aromatic carbocycles. The van der Waals surface area contributed by atoms with Gasteiger partial charge in [-0.3, -0.25) is 0 Å². The highest BCUT2D eigenvalue weighted by Crippen LogP contribution is 2.62. The predicted octanol–water partition coefficient (Wildman–Crippen LogP) is 6.20. The van der Waals surface area contributed by atoms with Crippen LogP contribution in [0.1, 0.15) is 41.5 Å². The Labute approximate surface area is 133 Å². The van der Waals surface area contributed by atoms with Crippen molar-refractivity contribution in [1.29, 1.82) is 0 Å². The molecule has 0 aliphatic carbocycles. The van der Waals surface area contributed by atoms with Gasteiger partial charge < -0.3 is 3.97 Å². The second-order valence-corrected chi connectivity index (χ2v) is 11.8. The molecule has 0 saturated carbocycles. The van der Waals surface area contributed by atoms with Crippen molar-refractivity contribution < 1.29 is 0 Å². The maximum Gasteiger partial charge on any atom is 0.0585 e. The van der Waals surface area contributed by atoms with Crippen molar-refractivity contribution in [1.82, 2.24) is 3.97 Å². The molecule has 0 saturated heterocycles. The first-order valence-electron chi connectivity index (χ1n) is 7.38. The van der Waals surface area contributed by atoms with Gasteiger partial charge in [-0.05, 0) is 18.2 Å². The molecule has 0 aliphatic heterocycles. The maximum absolute atomic E-state index is 3.63. The lowest BCUT2D eigenvalue weighted by Crippen LogP contribution is -2.33. The van der Waals surface area contributed by atoms with Crippen LogP contribution >= 0.6 is 26.1 Å². The minimum atomic E-state index is -0.929. The molecule has 20 heavy (non-hydrogen) atoms. The Hall–Kier alpha value is -0.410. The molecular formula is C17H26BrNS. The van der Waals surface area contributed by atoms with Gasteiger partial charge in [0, 0.05) is 31.8 Å². The number of rotatable bonds is 4. The molecule has 2 rings (SSSR count). The average molecular weight is 356 g/mol. The molecule has 112 valence electrons. The van der Waals surface area contributed by atoms with Gasteiger partial charge >= 0.3 is 0 Å². The van der Waals surface area contributed by atoms with Crippen LogP contribution in [0, 0.1) is 0 Å². The molecule has 2 aromatic rings. The number of nitrogens with zero attached hydrogens (tertiary/aromatic N) is 1. The molecule has 3 heteroatoms. The van der Waals surface area contributed by atoms with Crippen LogP contribution in [-0.2, 0) is 0 Å². The fraction of sp³-hybridized carbons (Fsp3) is 0.529. The third-order valence-corrected chi connectivity index (χ3v) is 10.2. The summed E-state index contributed by atoms with van der Waals surface area (Å²) in [6.45, 7) is 14.3. The number of hydrogen-bond acceptors (Lipinski definition) is 0. The van der Waals surface area contributed by atoms with Crippen molar-refractivity contribution in [3.05, 3.63) is 34.9 Å². The van der Waals surface area contributed by atoms with E-state index in [4.69, 9.17) is 0 Å². The standard InChI is InChI=1S/C17H26BrNS/c1-12(2)20(13(3)4,14(5)6)19-10-9-15-7-8-16(18)11-17(15)19/h7-14H,1-6H3. The smallest absolute Gasteiger partial charge is 0.0585 e. The summed E-state index contributed by atoms with van der Waals surface area (Å²) >= 11 is 3.63. The van der Waals surface area contributed by atoms with E-state index in [2.05, 4.69) is 91.9 Å². The molecule has 1 aromatic heterocycles. The molecule has 0 aliphatic rings. The quantitative estimate of drug-likeness (QED) is 0.615. The summed E-state index contributed by atoms with van der Waals surface area (Å²) in [7, 11) is -0.929. The van der Waals surface area contributed by atoms with Gasteiger partial charge in [0.15, 0.2) is 0 Å². The van der Waals surface area contributed by atoms with E-state index in [0.717, 1.165) is 4.47 Å². The molecular weight excluding hydrogens is 330 g/mol. The lowest BCUT2D eigenvalue weighted by molar-refractivity contribution is 0.915. The summed E-state index contributed by atoms with van der Waals surface area (Å²) in [5.41, 5.74) is 1.37. The molecule has 1 heterocycles. The lowest BCUT2D eigenvalue weighted by atomic mass is 10.3. The normalized spacial score (nSPS) is 13.9. The topological polar surface area (TPSA) is 4.93 Å². The minimum absolute atomic E-state index is 0.664. The Bertz CT molecular complexity index is 576. The fourth-order valence-electron chi connectivity index (χ4n) is 3.67. The third-order valence-electron chi connectivity index (χ3n) is 4.23. The first-order valence-corrected chi connectivity index (χ1v) is 9.96. The van der Waals surface area contributed by atoms with E-state index in [1.807, 2.05) is 0 Å². The summed E-state index contributed by atoms with van der Waals surface area (Å²) in [6, 6.07) is 8.87. The summed E-state index contributed by atoms with van der Waals surface area (Å²) in [5, 5.41) is 3.33. The molecule has 0 radical (unpaired) electrons. The molecule has 0 N–H and O–H groups in total. The van der Waals surface area contributed by atoms with Crippen molar-refractivity contribution >= 4 is 37.0 Å². The zero-order valence-corrected chi connectivity index (χ0v) is 15.8. The van der Waals surface area contributed by atoms with E-state index in [1.54, 1.807) is 0 Å². The van der Waals surface area contributed by atoms with Crippen molar-refractivity contribution in [2.24, 2.45) is 0 Å². The summed E-state index contributed by atoms with van der Waals surface area (Å²) in [4.78, 5) is 0. The highest BCUT2D eigenvalue weighted by atomic mass is 79.9. The van der Waals surface area contributed by atoms with Crippen LogP contribution in [0.25, 0.3) is 10.9 Å². The highest BCUT2D eigenvalue weighted by Gasteiger charge is 2.36. The van der Waals surface area contributed by atoms with E-state index in [-0.39, 0.29) is 0 Å². The molecule has 0 fully saturated rings. The van der Waals surface area contributed by atoms with Gasteiger partial charge in [-0.25, -0.2) is 0 Å². The van der Waals surface area contributed by atoms with Gasteiger partial charge in [0.25, 0.3) is 0 Å². The Balaban J connectivity index is 2.78. The Morgan fingerprint density at radius 3 is 1.95 bits per heavy atom. The lowest BCUT2D eigenvalue weighted by Gasteiger charge is -2.52. The molecule has 0 unspecified atom stereocenters. The molecule has 1 nitrogen and oxygen atoms in total. The minimum Gasteiger partial charge on any atom is -0.309 e. The van der Waals surface area contributed by atoms with Gasteiger partial charge in [-0.1, -0.05) is 63.5 Å². The van der Waals surface area contributed by atoms with Gasteiger partial charge in [0.1, 0.15) is 0 Å². The Morgan fingerprint density at radius 2 is 1.45 bits per heavy atom. The molecule has 0 atom stereocenters. The van der Waals surface area contributed by atoms with Crippen molar-refractivity contribution in [3.8, 4) is 0 Å². The van der Waals surface area contributed by atoms with Crippen LogP contribution in [0.5, 0.6) is 0 Å². The summed E-state index contributed by atoms with van der Waals surface area (Å²) < 4.78 is 3.77. The highest BCUT2D eigenvalue weighted by molar-refractivity contribution is 9.10. The second-order valence-electron chi connectivity index (χ2n) is 6.22. The summed E-state index contributed by atoms with van der Waals surface area (Å²) in [5.74, 6) is 0. The number of fused-ring (bicyclic) bond motifs is 1. The van der Waals surface area contributed by atoms with E-state index >= 15 is 0 Å². The van der Waals surface area contributed by atoms with Gasteiger partial charge in [0.05, 0.1) is 5.52 Å². The Kier molecular flexibility index (Phi) is 4.60. The van der Waals surface area contributed by atoms with Crippen LogP contribution in [0.3, 0.4) is 0 Å². The van der Waals surface area contributed by atoms with E-state index in [0.29, 0.717) is 15.7 Å². The number of halogens is 1. The maximum atomic E-state index is 3.63. The largest absolute Gasteiger partial charge is 0.309 e. The summed E-state index contributed by atoms with van der Waals surface area (Å²) in [6.07, 6.45) is 2.31. The fourth-order valence-corrected chi connectivity index (χ4v) is 9.42. The first kappa shape index (κ1) is 16.0. The number of benzene rings is 1. The third kappa shape index (κ3) is 2.33. The van der Waals surface area contributed by atoms with E-state index in [9.17, 15) is 0 Å². The van der Waals surface area contributed by atoms with Crippen molar-refractivity contribution in [3.63, 3.8) is 0 Å². The number of hydrogen-bond donors (Lipinski definition) is 0. The first-order chi connectivity index (χ1) is 9.31. The average Bonchev–Trinajstić information content (AvgIpc) is 2.72. The van der Waals surface area contributed by atoms with Crippen LogP contribution in [0.4, 0.5) is 0 Å². The van der Waals surface area contributed by atoms with E-state index < -0.39 is 10.2 Å². The monoisotopic (exact) mass is 355 g/mol. The zero-order valence-electron chi connectivity index (χ0n) is 13.4. The van der Waals surface area contributed by atoms with Gasteiger partial charge in [-0.15, -0.1) is 0 Å². The Morgan fingerprint density at radius 1 is 0.900 bits per heavy atom. The van der Waals surface area contributed by atoms with Crippen LogP contribution in [-0.4, -0.2) is 19.7 Å². The van der Waals surface area contributed by atoms with Crippen LogP contribution in [0.2, 0.25) is 0 Å². The van der Waals surface area contributed by atoms with E-state index in [1.165, 1.54) is 10.9 Å². The predicted molar refractivity (Wildman–Crippen MR) is 98.0 cm³/mol. The second kappa shape index (κ2) is 5.76. The van der Waals surface area contributed by atoms with Crippen LogP contribution in [0.15, 0.2) is 34.9 Å². The van der Waals surface area contributed by atoms with Crippen LogP contribution < -0.4 is 0 Å². The molecule has 0 bridgehead atoms. The van der Waals surface area contributed by atoms with Crippen molar-refractivity contribution in [2.75, 3.05) is 0 Å². The molecule has 0 spiro atoms. The van der Waals surface area contributed by atoms with Gasteiger partial charge in [0.2, 0.25) is 0 Å². The SMILES string of the molecule is CC(C)S(C(C)C)(C(C)C)n1ccc2ccc(Br)cc21. The molecule has 0 amide bonds. The zero-order chi connectivity index (χ0) is 15.1. The number of aromatic nitrogens is 1. The van der Waals surface area contributed by atoms with Gasteiger partial charge in [-0.2, -0.15) is 10.2 Å². The van der Waals surface area contributed by atoms with Crippen molar-refractivity contribution in [2.45, 2.75) is 57.3 Å².